The molecule has 21 heavy (non-hydrogen) atoms. The molecule has 4 fully saturated rings. The highest BCUT2D eigenvalue weighted by atomic mass is 16.9. The van der Waals surface area contributed by atoms with E-state index in [1.54, 1.807) is 7.11 Å². The summed E-state index contributed by atoms with van der Waals surface area (Å²) in [6, 6.07) is 0. The summed E-state index contributed by atoms with van der Waals surface area (Å²) >= 11 is 0. The number of hydrogen-bond donors (Lipinski definition) is 1. The molecule has 1 spiro atoms. The Hall–Kier alpha value is -0.200. The van der Waals surface area contributed by atoms with E-state index in [2.05, 4.69) is 13.8 Å². The van der Waals surface area contributed by atoms with Crippen molar-refractivity contribution in [1.29, 1.82) is 0 Å². The molecule has 0 aromatic heterocycles. The van der Waals surface area contributed by atoms with E-state index in [0.29, 0.717) is 11.8 Å². The Bertz CT molecular complexity index is 442. The van der Waals surface area contributed by atoms with Gasteiger partial charge in [-0.15, -0.1) is 0 Å². The minimum absolute atomic E-state index is 0.261. The fourth-order valence-electron chi connectivity index (χ4n) is 5.35. The third-order valence-electron chi connectivity index (χ3n) is 6.50. The van der Waals surface area contributed by atoms with Crippen LogP contribution in [0.3, 0.4) is 0 Å². The largest absolute Gasteiger partial charge is 0.388 e. The number of fused-ring (bicyclic) bond motifs is 1. The van der Waals surface area contributed by atoms with Gasteiger partial charge in [0.05, 0.1) is 0 Å². The molecule has 4 rings (SSSR count). The van der Waals surface area contributed by atoms with E-state index in [1.165, 1.54) is 0 Å². The lowest BCUT2D eigenvalue weighted by molar-refractivity contribution is -0.335. The Morgan fingerprint density at radius 1 is 1.19 bits per heavy atom. The zero-order valence-electron chi connectivity index (χ0n) is 13.2. The highest BCUT2D eigenvalue weighted by Gasteiger charge is 2.73. The first kappa shape index (κ1) is 14.4. The van der Waals surface area contributed by atoms with Crippen molar-refractivity contribution in [3.05, 3.63) is 0 Å². The molecule has 120 valence electrons. The number of methoxy groups -OCH3 is 1. The lowest BCUT2D eigenvalue weighted by atomic mass is 9.57. The minimum Gasteiger partial charge on any atom is -0.388 e. The molecule has 0 radical (unpaired) electrons. The summed E-state index contributed by atoms with van der Waals surface area (Å²) in [6.07, 6.45) is 1.71. The van der Waals surface area contributed by atoms with E-state index in [0.717, 1.165) is 19.3 Å². The van der Waals surface area contributed by atoms with Crippen LogP contribution in [-0.2, 0) is 18.9 Å². The second-order valence-electron chi connectivity index (χ2n) is 7.54. The van der Waals surface area contributed by atoms with Gasteiger partial charge in [-0.1, -0.05) is 13.8 Å². The van der Waals surface area contributed by atoms with Gasteiger partial charge in [-0.3, -0.25) is 0 Å². The standard InChI is InChI=1S/C16H26O5/c1-8-5-6-10-9(2)13(18-4)19-14-16(10)11(8)7-12(17)15(3,20-14)21-16/h8-14,17H,5-7H2,1-4H3/t8-,9-,10?,11+,12-,13+,14-,15-,16+/m1/s1. The minimum atomic E-state index is -0.946. The highest BCUT2D eigenvalue weighted by molar-refractivity contribution is 5.14. The maximum Gasteiger partial charge on any atom is 0.195 e. The van der Waals surface area contributed by atoms with Crippen LogP contribution in [-0.4, -0.2) is 42.3 Å². The van der Waals surface area contributed by atoms with Gasteiger partial charge in [-0.2, -0.15) is 0 Å². The van der Waals surface area contributed by atoms with E-state index in [4.69, 9.17) is 18.9 Å². The van der Waals surface area contributed by atoms with Gasteiger partial charge in [0.15, 0.2) is 18.4 Å². The fraction of sp³-hybridized carbons (Fsp3) is 1.00. The van der Waals surface area contributed by atoms with Crippen LogP contribution in [0.25, 0.3) is 0 Å². The molecule has 3 aliphatic heterocycles. The molecule has 1 N–H and O–H groups in total. The fourth-order valence-corrected chi connectivity index (χ4v) is 5.35. The smallest absolute Gasteiger partial charge is 0.195 e. The maximum atomic E-state index is 10.5. The Morgan fingerprint density at radius 2 is 1.95 bits per heavy atom. The lowest BCUT2D eigenvalue weighted by Crippen LogP contribution is -2.67. The molecular formula is C16H26O5. The van der Waals surface area contributed by atoms with Crippen LogP contribution >= 0.6 is 0 Å². The molecule has 1 saturated carbocycles. The molecule has 5 nitrogen and oxygen atoms in total. The summed E-state index contributed by atoms with van der Waals surface area (Å²) in [5.74, 6) is 0.476. The Morgan fingerprint density at radius 3 is 2.67 bits per heavy atom. The van der Waals surface area contributed by atoms with Crippen molar-refractivity contribution < 1.29 is 24.1 Å². The second kappa shape index (κ2) is 4.42. The van der Waals surface area contributed by atoms with Crippen LogP contribution < -0.4 is 0 Å². The Kier molecular flexibility index (Phi) is 3.03. The molecule has 4 aliphatic rings. The highest BCUT2D eigenvalue weighted by Crippen LogP contribution is 2.63. The summed E-state index contributed by atoms with van der Waals surface area (Å²) in [4.78, 5) is 0. The number of aliphatic hydroxyl groups excluding tert-OH is 1. The van der Waals surface area contributed by atoms with Crippen molar-refractivity contribution >= 4 is 0 Å². The summed E-state index contributed by atoms with van der Waals surface area (Å²) in [6.45, 7) is 6.28. The SMILES string of the molecule is CO[C@H]1O[C@@H]2O[C@]3(C)O[C@]24C(CC[C@@H](C)[C@@H]4C[C@H]3O)[C@H]1C. The van der Waals surface area contributed by atoms with Gasteiger partial charge < -0.3 is 24.1 Å². The molecule has 5 heteroatoms. The predicted octanol–water partition coefficient (Wildman–Crippen LogP) is 1.88. The zero-order valence-corrected chi connectivity index (χ0v) is 13.2. The van der Waals surface area contributed by atoms with Crippen molar-refractivity contribution in [2.45, 2.75) is 70.1 Å². The van der Waals surface area contributed by atoms with Crippen LogP contribution in [0.5, 0.6) is 0 Å². The van der Waals surface area contributed by atoms with Gasteiger partial charge in [-0.25, -0.2) is 0 Å². The summed E-state index contributed by atoms with van der Waals surface area (Å²) < 4.78 is 24.1. The van der Waals surface area contributed by atoms with Crippen molar-refractivity contribution in [3.63, 3.8) is 0 Å². The van der Waals surface area contributed by atoms with E-state index in [9.17, 15) is 5.11 Å². The van der Waals surface area contributed by atoms with Gasteiger partial charge in [0.25, 0.3) is 0 Å². The molecule has 2 bridgehead atoms. The van der Waals surface area contributed by atoms with Crippen molar-refractivity contribution in [2.75, 3.05) is 7.11 Å². The third kappa shape index (κ3) is 1.64. The van der Waals surface area contributed by atoms with Crippen molar-refractivity contribution in [1.82, 2.24) is 0 Å². The molecule has 1 aliphatic carbocycles. The normalized spacial score (nSPS) is 62.4. The molecule has 3 saturated heterocycles. The molecular weight excluding hydrogens is 272 g/mol. The van der Waals surface area contributed by atoms with Crippen LogP contribution in [0.15, 0.2) is 0 Å². The van der Waals surface area contributed by atoms with E-state index in [-0.39, 0.29) is 18.1 Å². The Labute approximate surface area is 125 Å². The summed E-state index contributed by atoms with van der Waals surface area (Å²) in [5, 5.41) is 10.5. The third-order valence-corrected chi connectivity index (χ3v) is 6.50. The van der Waals surface area contributed by atoms with Crippen LogP contribution in [0.2, 0.25) is 0 Å². The monoisotopic (exact) mass is 298 g/mol. The van der Waals surface area contributed by atoms with Gasteiger partial charge in [-0.05, 0) is 38.0 Å². The van der Waals surface area contributed by atoms with Gasteiger partial charge in [0.1, 0.15) is 11.7 Å². The first-order chi connectivity index (χ1) is 9.92. The van der Waals surface area contributed by atoms with E-state index < -0.39 is 23.8 Å². The first-order valence-electron chi connectivity index (χ1n) is 8.16. The van der Waals surface area contributed by atoms with Crippen molar-refractivity contribution in [2.24, 2.45) is 23.7 Å². The molecule has 3 heterocycles. The molecule has 1 unspecified atom stereocenters. The quantitative estimate of drug-likeness (QED) is 0.801. The molecule has 9 atom stereocenters. The lowest BCUT2D eigenvalue weighted by Gasteiger charge is -2.58. The van der Waals surface area contributed by atoms with Crippen molar-refractivity contribution in [3.8, 4) is 0 Å². The average molecular weight is 298 g/mol. The average Bonchev–Trinajstić information content (AvgIpc) is 2.70. The predicted molar refractivity (Wildman–Crippen MR) is 74.1 cm³/mol. The topological polar surface area (TPSA) is 57.2 Å². The Balaban J connectivity index is 1.80. The summed E-state index contributed by atoms with van der Waals surface area (Å²) in [7, 11) is 1.68. The number of aliphatic hydroxyl groups is 1. The van der Waals surface area contributed by atoms with E-state index in [1.807, 2.05) is 6.92 Å². The second-order valence-corrected chi connectivity index (χ2v) is 7.54. The molecule has 0 aromatic rings. The van der Waals surface area contributed by atoms with Crippen LogP contribution in [0, 0.1) is 23.7 Å². The molecule has 0 aromatic carbocycles. The van der Waals surface area contributed by atoms with Gasteiger partial charge in [0.2, 0.25) is 0 Å². The van der Waals surface area contributed by atoms with Gasteiger partial charge in [0, 0.05) is 18.9 Å². The van der Waals surface area contributed by atoms with Crippen LogP contribution in [0.4, 0.5) is 0 Å². The summed E-state index contributed by atoms with van der Waals surface area (Å²) in [5.41, 5.74) is -0.417. The number of ether oxygens (including phenoxy) is 4. The number of hydrogen-bond acceptors (Lipinski definition) is 5. The number of rotatable bonds is 1. The molecule has 0 amide bonds. The van der Waals surface area contributed by atoms with E-state index >= 15 is 0 Å². The first-order valence-corrected chi connectivity index (χ1v) is 8.16. The van der Waals surface area contributed by atoms with Crippen LogP contribution in [0.1, 0.15) is 40.0 Å². The maximum absolute atomic E-state index is 10.5. The zero-order chi connectivity index (χ0) is 15.0. The van der Waals surface area contributed by atoms with Gasteiger partial charge >= 0.3 is 0 Å².